The van der Waals surface area contributed by atoms with Crippen LogP contribution in [0.1, 0.15) is 5.69 Å². The zero-order valence-corrected chi connectivity index (χ0v) is 11.2. The first-order chi connectivity index (χ1) is 8.72. The molecule has 0 aliphatic heterocycles. The number of benzene rings is 1. The summed E-state index contributed by atoms with van der Waals surface area (Å²) in [5.41, 5.74) is 1.44. The maximum atomic E-state index is 13.7. The minimum Gasteiger partial charge on any atom is -0.383 e. The Morgan fingerprint density at radius 3 is 2.89 bits per heavy atom. The van der Waals surface area contributed by atoms with E-state index in [0.29, 0.717) is 18.7 Å². The smallest absolute Gasteiger partial charge is 0.183 e. The number of hydrogen-bond acceptors (Lipinski definition) is 4. The van der Waals surface area contributed by atoms with E-state index in [1.165, 1.54) is 17.4 Å². The fourth-order valence-electron chi connectivity index (χ4n) is 1.63. The lowest BCUT2D eigenvalue weighted by molar-refractivity contribution is 0.211. The van der Waals surface area contributed by atoms with Gasteiger partial charge in [0.2, 0.25) is 0 Å². The molecule has 0 amide bonds. The van der Waals surface area contributed by atoms with Gasteiger partial charge in [-0.2, -0.15) is 0 Å². The van der Waals surface area contributed by atoms with Crippen LogP contribution in [0, 0.1) is 12.7 Å². The summed E-state index contributed by atoms with van der Waals surface area (Å²) in [6, 6.07) is 6.75. The summed E-state index contributed by atoms with van der Waals surface area (Å²) >= 11 is 1.46. The summed E-state index contributed by atoms with van der Waals surface area (Å²) < 4.78 is 18.7. The van der Waals surface area contributed by atoms with Gasteiger partial charge < -0.3 is 10.1 Å². The van der Waals surface area contributed by atoms with Crippen molar-refractivity contribution in [3.8, 4) is 10.4 Å². The number of halogens is 1. The lowest BCUT2D eigenvalue weighted by Crippen LogP contribution is -2.06. The van der Waals surface area contributed by atoms with Gasteiger partial charge in [0.05, 0.1) is 17.2 Å². The number of anilines is 1. The van der Waals surface area contributed by atoms with Gasteiger partial charge in [0, 0.05) is 19.2 Å². The molecule has 0 atom stereocenters. The number of aromatic nitrogens is 1. The predicted octanol–water partition coefficient (Wildman–Crippen LogP) is 3.32. The summed E-state index contributed by atoms with van der Waals surface area (Å²) in [4.78, 5) is 5.25. The highest BCUT2D eigenvalue weighted by Crippen LogP contribution is 2.33. The van der Waals surface area contributed by atoms with Crippen LogP contribution in [0.5, 0.6) is 0 Å². The van der Waals surface area contributed by atoms with Crippen molar-refractivity contribution >= 4 is 16.5 Å². The highest BCUT2D eigenvalue weighted by Gasteiger charge is 2.12. The molecule has 1 aromatic heterocycles. The van der Waals surface area contributed by atoms with E-state index in [4.69, 9.17) is 4.74 Å². The topological polar surface area (TPSA) is 34.1 Å². The molecular weight excluding hydrogens is 251 g/mol. The SMILES string of the molecule is COCCNc1nc(C)c(-c2ccccc2F)s1. The Morgan fingerprint density at radius 2 is 2.17 bits per heavy atom. The van der Waals surface area contributed by atoms with Crippen LogP contribution in [0.15, 0.2) is 24.3 Å². The van der Waals surface area contributed by atoms with Crippen LogP contribution in [-0.4, -0.2) is 25.2 Å². The summed E-state index contributed by atoms with van der Waals surface area (Å²) in [5, 5.41) is 3.95. The Balaban J connectivity index is 2.22. The van der Waals surface area contributed by atoms with E-state index in [0.717, 1.165) is 15.7 Å². The molecule has 96 valence electrons. The number of rotatable bonds is 5. The molecule has 0 spiro atoms. The second kappa shape index (κ2) is 5.93. The fraction of sp³-hybridized carbons (Fsp3) is 0.308. The number of aryl methyl sites for hydroxylation is 1. The highest BCUT2D eigenvalue weighted by atomic mass is 32.1. The third-order valence-corrected chi connectivity index (χ3v) is 3.65. The Bertz CT molecular complexity index is 527. The third-order valence-electron chi connectivity index (χ3n) is 2.50. The first-order valence-corrected chi connectivity index (χ1v) is 6.49. The van der Waals surface area contributed by atoms with Gasteiger partial charge in [-0.1, -0.05) is 29.5 Å². The van der Waals surface area contributed by atoms with E-state index in [2.05, 4.69) is 10.3 Å². The number of ether oxygens (including phenoxy) is 1. The van der Waals surface area contributed by atoms with Gasteiger partial charge in [0.25, 0.3) is 0 Å². The Labute approximate surface area is 110 Å². The minimum absolute atomic E-state index is 0.215. The Hall–Kier alpha value is -1.46. The minimum atomic E-state index is -0.215. The molecule has 1 aromatic carbocycles. The molecule has 0 saturated carbocycles. The molecule has 1 heterocycles. The van der Waals surface area contributed by atoms with Crippen LogP contribution in [0.3, 0.4) is 0 Å². The number of methoxy groups -OCH3 is 1. The summed E-state index contributed by atoms with van der Waals surface area (Å²) in [6.07, 6.45) is 0. The van der Waals surface area contributed by atoms with E-state index in [-0.39, 0.29) is 5.82 Å². The zero-order chi connectivity index (χ0) is 13.0. The van der Waals surface area contributed by atoms with Crippen LogP contribution in [-0.2, 0) is 4.74 Å². The van der Waals surface area contributed by atoms with Gasteiger partial charge in [-0.05, 0) is 13.0 Å². The molecule has 2 rings (SSSR count). The number of hydrogen-bond donors (Lipinski definition) is 1. The van der Waals surface area contributed by atoms with E-state index in [1.807, 2.05) is 13.0 Å². The molecule has 0 radical (unpaired) electrons. The average molecular weight is 266 g/mol. The van der Waals surface area contributed by atoms with Crippen molar-refractivity contribution in [2.45, 2.75) is 6.92 Å². The van der Waals surface area contributed by atoms with Crippen LogP contribution in [0.4, 0.5) is 9.52 Å². The lowest BCUT2D eigenvalue weighted by Gasteiger charge is -2.00. The quantitative estimate of drug-likeness (QED) is 0.843. The average Bonchev–Trinajstić information content (AvgIpc) is 2.71. The van der Waals surface area contributed by atoms with Crippen molar-refractivity contribution in [2.24, 2.45) is 0 Å². The first-order valence-electron chi connectivity index (χ1n) is 5.67. The van der Waals surface area contributed by atoms with Gasteiger partial charge in [-0.15, -0.1) is 0 Å². The van der Waals surface area contributed by atoms with E-state index < -0.39 is 0 Å². The van der Waals surface area contributed by atoms with E-state index in [9.17, 15) is 4.39 Å². The monoisotopic (exact) mass is 266 g/mol. The maximum Gasteiger partial charge on any atom is 0.183 e. The van der Waals surface area contributed by atoms with Crippen molar-refractivity contribution in [3.63, 3.8) is 0 Å². The number of thiazole rings is 1. The van der Waals surface area contributed by atoms with Gasteiger partial charge in [-0.25, -0.2) is 9.37 Å². The number of nitrogens with zero attached hydrogens (tertiary/aromatic N) is 1. The molecule has 0 saturated heterocycles. The summed E-state index contributed by atoms with van der Waals surface area (Å²) in [5.74, 6) is -0.215. The number of nitrogens with one attached hydrogen (secondary N) is 1. The van der Waals surface area contributed by atoms with Crippen molar-refractivity contribution in [3.05, 3.63) is 35.8 Å². The maximum absolute atomic E-state index is 13.7. The van der Waals surface area contributed by atoms with Gasteiger partial charge in [-0.3, -0.25) is 0 Å². The van der Waals surface area contributed by atoms with E-state index >= 15 is 0 Å². The molecule has 0 fully saturated rings. The molecule has 18 heavy (non-hydrogen) atoms. The molecule has 5 heteroatoms. The van der Waals surface area contributed by atoms with Gasteiger partial charge in [0.15, 0.2) is 5.13 Å². The molecule has 1 N–H and O–H groups in total. The predicted molar refractivity (Wildman–Crippen MR) is 72.6 cm³/mol. The second-order valence-corrected chi connectivity index (χ2v) is 4.83. The largest absolute Gasteiger partial charge is 0.383 e. The zero-order valence-electron chi connectivity index (χ0n) is 10.4. The second-order valence-electron chi connectivity index (χ2n) is 3.83. The summed E-state index contributed by atoms with van der Waals surface area (Å²) in [7, 11) is 1.65. The fourth-order valence-corrected chi connectivity index (χ4v) is 2.65. The lowest BCUT2D eigenvalue weighted by atomic mass is 10.1. The van der Waals surface area contributed by atoms with Crippen molar-refractivity contribution in [2.75, 3.05) is 25.6 Å². The highest BCUT2D eigenvalue weighted by molar-refractivity contribution is 7.19. The van der Waals surface area contributed by atoms with Crippen molar-refractivity contribution in [1.82, 2.24) is 4.98 Å². The summed E-state index contributed by atoms with van der Waals surface area (Å²) in [6.45, 7) is 3.20. The Kier molecular flexibility index (Phi) is 4.28. The molecule has 0 aliphatic carbocycles. The van der Waals surface area contributed by atoms with Crippen LogP contribution >= 0.6 is 11.3 Å². The molecule has 0 bridgehead atoms. The van der Waals surface area contributed by atoms with Crippen LogP contribution in [0.2, 0.25) is 0 Å². The van der Waals surface area contributed by atoms with Crippen molar-refractivity contribution < 1.29 is 9.13 Å². The molecular formula is C13H15FN2OS. The third kappa shape index (κ3) is 2.86. The van der Waals surface area contributed by atoms with Gasteiger partial charge in [0.1, 0.15) is 5.82 Å². The molecule has 0 unspecified atom stereocenters. The first kappa shape index (κ1) is 13.0. The normalized spacial score (nSPS) is 10.6. The standard InChI is InChI=1S/C13H15FN2OS/c1-9-12(10-5-3-4-6-11(10)14)18-13(16-9)15-7-8-17-2/h3-6H,7-8H2,1-2H3,(H,15,16). The van der Waals surface area contributed by atoms with E-state index in [1.54, 1.807) is 19.2 Å². The molecule has 0 aliphatic rings. The van der Waals surface area contributed by atoms with Gasteiger partial charge >= 0.3 is 0 Å². The van der Waals surface area contributed by atoms with Crippen LogP contribution in [0.25, 0.3) is 10.4 Å². The molecule has 3 nitrogen and oxygen atoms in total. The van der Waals surface area contributed by atoms with Crippen molar-refractivity contribution in [1.29, 1.82) is 0 Å². The Morgan fingerprint density at radius 1 is 1.39 bits per heavy atom. The molecule has 2 aromatic rings. The van der Waals surface area contributed by atoms with Crippen LogP contribution < -0.4 is 5.32 Å².